The smallest absolute Gasteiger partial charge is 0.0180 e. The van der Waals surface area contributed by atoms with Crippen LogP contribution in [0, 0.1) is 5.92 Å². The van der Waals surface area contributed by atoms with Crippen LogP contribution in [0.1, 0.15) is 65.2 Å². The summed E-state index contributed by atoms with van der Waals surface area (Å²) in [4.78, 5) is 0. The molecule has 0 aromatic heterocycles. The van der Waals surface area contributed by atoms with Crippen LogP contribution in [0.2, 0.25) is 0 Å². The highest BCUT2D eigenvalue weighted by molar-refractivity contribution is 4.92. The predicted octanol–water partition coefficient (Wildman–Crippen LogP) is 3.47. The number of unbranched alkanes of at least 4 members (excludes halogenated alkanes) is 1. The van der Waals surface area contributed by atoms with Gasteiger partial charge in [0.05, 0.1) is 0 Å². The van der Waals surface area contributed by atoms with Crippen molar-refractivity contribution in [1.29, 1.82) is 0 Å². The minimum atomic E-state index is 0.173. The van der Waals surface area contributed by atoms with Crippen LogP contribution in [0.15, 0.2) is 0 Å². The lowest BCUT2D eigenvalue weighted by molar-refractivity contribution is 0.241. The minimum Gasteiger partial charge on any atom is -0.325 e. The van der Waals surface area contributed by atoms with E-state index in [9.17, 15) is 0 Å². The number of hydrogen-bond donors (Lipinski definition) is 1. The average molecular weight is 183 g/mol. The summed E-state index contributed by atoms with van der Waals surface area (Å²) in [6, 6.07) is 0. The van der Waals surface area contributed by atoms with Crippen molar-refractivity contribution < 1.29 is 0 Å². The van der Waals surface area contributed by atoms with Gasteiger partial charge in [-0.1, -0.05) is 39.5 Å². The SMILES string of the molecule is CCCCC(N)(CC)C1CCCC1. The molecule has 1 heteroatoms. The summed E-state index contributed by atoms with van der Waals surface area (Å²) in [5, 5.41) is 0. The number of rotatable bonds is 5. The molecule has 0 bridgehead atoms. The summed E-state index contributed by atoms with van der Waals surface area (Å²) in [6.07, 6.45) is 10.6. The Kier molecular flexibility index (Phi) is 4.24. The lowest BCUT2D eigenvalue weighted by Gasteiger charge is -2.34. The molecule has 0 amide bonds. The monoisotopic (exact) mass is 183 g/mol. The highest BCUT2D eigenvalue weighted by Gasteiger charge is 2.34. The summed E-state index contributed by atoms with van der Waals surface area (Å²) in [5.41, 5.74) is 6.66. The van der Waals surface area contributed by atoms with Crippen LogP contribution in [0.25, 0.3) is 0 Å². The molecule has 0 aromatic carbocycles. The normalized spacial score (nSPS) is 23.3. The van der Waals surface area contributed by atoms with Gasteiger partial charge < -0.3 is 5.73 Å². The van der Waals surface area contributed by atoms with Crippen molar-refractivity contribution in [2.75, 3.05) is 0 Å². The predicted molar refractivity (Wildman–Crippen MR) is 58.7 cm³/mol. The molecular formula is C12H25N. The van der Waals surface area contributed by atoms with Crippen LogP contribution >= 0.6 is 0 Å². The molecular weight excluding hydrogens is 158 g/mol. The lowest BCUT2D eigenvalue weighted by atomic mass is 9.78. The largest absolute Gasteiger partial charge is 0.325 e. The number of hydrogen-bond acceptors (Lipinski definition) is 1. The van der Waals surface area contributed by atoms with Crippen LogP contribution in [0.4, 0.5) is 0 Å². The van der Waals surface area contributed by atoms with Crippen LogP contribution < -0.4 is 5.73 Å². The first-order valence-electron chi connectivity index (χ1n) is 6.02. The van der Waals surface area contributed by atoms with Crippen LogP contribution in [0.5, 0.6) is 0 Å². The second-order valence-corrected chi connectivity index (χ2v) is 4.67. The van der Waals surface area contributed by atoms with Gasteiger partial charge in [0.1, 0.15) is 0 Å². The maximum absolute atomic E-state index is 6.49. The molecule has 1 atom stereocenters. The molecule has 0 aliphatic heterocycles. The van der Waals surface area contributed by atoms with E-state index in [1.807, 2.05) is 0 Å². The van der Waals surface area contributed by atoms with Crippen LogP contribution in [-0.4, -0.2) is 5.54 Å². The topological polar surface area (TPSA) is 26.0 Å². The Labute approximate surface area is 83.1 Å². The molecule has 1 fully saturated rings. The molecule has 78 valence electrons. The summed E-state index contributed by atoms with van der Waals surface area (Å²) >= 11 is 0. The molecule has 1 nitrogen and oxygen atoms in total. The van der Waals surface area contributed by atoms with E-state index in [1.54, 1.807) is 0 Å². The third-order valence-corrected chi connectivity index (χ3v) is 3.82. The summed E-state index contributed by atoms with van der Waals surface area (Å²) in [6.45, 7) is 4.51. The van der Waals surface area contributed by atoms with Crippen molar-refractivity contribution in [3.8, 4) is 0 Å². The van der Waals surface area contributed by atoms with Crippen molar-refractivity contribution in [1.82, 2.24) is 0 Å². The standard InChI is InChI=1S/C12H25N/c1-3-5-10-12(13,4-2)11-8-6-7-9-11/h11H,3-10,13H2,1-2H3. The summed E-state index contributed by atoms with van der Waals surface area (Å²) in [7, 11) is 0. The zero-order chi connectivity index (χ0) is 9.73. The molecule has 13 heavy (non-hydrogen) atoms. The van der Waals surface area contributed by atoms with Gasteiger partial charge in [0, 0.05) is 5.54 Å². The molecule has 0 radical (unpaired) electrons. The van der Waals surface area contributed by atoms with Gasteiger partial charge >= 0.3 is 0 Å². The van der Waals surface area contributed by atoms with E-state index in [4.69, 9.17) is 5.73 Å². The van der Waals surface area contributed by atoms with E-state index in [2.05, 4.69) is 13.8 Å². The number of nitrogens with two attached hydrogens (primary N) is 1. The average Bonchev–Trinajstić information content (AvgIpc) is 2.67. The van der Waals surface area contributed by atoms with Crippen molar-refractivity contribution in [3.63, 3.8) is 0 Å². The molecule has 1 saturated carbocycles. The van der Waals surface area contributed by atoms with Crippen molar-refractivity contribution in [2.24, 2.45) is 11.7 Å². The Morgan fingerprint density at radius 3 is 2.31 bits per heavy atom. The molecule has 0 aromatic rings. The zero-order valence-electron chi connectivity index (χ0n) is 9.31. The molecule has 1 rings (SSSR count). The molecule has 2 N–H and O–H groups in total. The van der Waals surface area contributed by atoms with Crippen LogP contribution in [-0.2, 0) is 0 Å². The summed E-state index contributed by atoms with van der Waals surface area (Å²) in [5.74, 6) is 0.823. The van der Waals surface area contributed by atoms with E-state index < -0.39 is 0 Å². The van der Waals surface area contributed by atoms with Gasteiger partial charge in [-0.2, -0.15) is 0 Å². The molecule has 0 heterocycles. The first kappa shape index (κ1) is 11.0. The first-order valence-corrected chi connectivity index (χ1v) is 6.02. The van der Waals surface area contributed by atoms with Gasteiger partial charge in [0.15, 0.2) is 0 Å². The Morgan fingerprint density at radius 2 is 1.85 bits per heavy atom. The lowest BCUT2D eigenvalue weighted by Crippen LogP contribution is -2.45. The first-order chi connectivity index (χ1) is 6.23. The molecule has 1 aliphatic carbocycles. The third-order valence-electron chi connectivity index (χ3n) is 3.82. The van der Waals surface area contributed by atoms with Gasteiger partial charge in [-0.05, 0) is 31.6 Å². The zero-order valence-corrected chi connectivity index (χ0v) is 9.31. The Balaban J connectivity index is 2.45. The highest BCUT2D eigenvalue weighted by Crippen LogP contribution is 2.37. The van der Waals surface area contributed by atoms with E-state index >= 15 is 0 Å². The van der Waals surface area contributed by atoms with Gasteiger partial charge in [0.2, 0.25) is 0 Å². The highest BCUT2D eigenvalue weighted by atomic mass is 14.8. The second-order valence-electron chi connectivity index (χ2n) is 4.67. The fourth-order valence-corrected chi connectivity index (χ4v) is 2.68. The van der Waals surface area contributed by atoms with E-state index in [0.717, 1.165) is 12.3 Å². The Bertz CT molecular complexity index is 138. The fourth-order valence-electron chi connectivity index (χ4n) is 2.68. The van der Waals surface area contributed by atoms with Crippen LogP contribution in [0.3, 0.4) is 0 Å². The van der Waals surface area contributed by atoms with E-state index in [1.165, 1.54) is 44.9 Å². The maximum atomic E-state index is 6.49. The summed E-state index contributed by atoms with van der Waals surface area (Å²) < 4.78 is 0. The fraction of sp³-hybridized carbons (Fsp3) is 1.00. The van der Waals surface area contributed by atoms with Crippen molar-refractivity contribution in [3.05, 3.63) is 0 Å². The second kappa shape index (κ2) is 4.99. The Morgan fingerprint density at radius 1 is 1.23 bits per heavy atom. The van der Waals surface area contributed by atoms with Gasteiger partial charge in [-0.15, -0.1) is 0 Å². The van der Waals surface area contributed by atoms with Crippen molar-refractivity contribution >= 4 is 0 Å². The van der Waals surface area contributed by atoms with E-state index in [-0.39, 0.29) is 5.54 Å². The molecule has 0 saturated heterocycles. The van der Waals surface area contributed by atoms with Gasteiger partial charge in [-0.3, -0.25) is 0 Å². The molecule has 0 spiro atoms. The maximum Gasteiger partial charge on any atom is 0.0180 e. The van der Waals surface area contributed by atoms with Gasteiger partial charge in [-0.25, -0.2) is 0 Å². The van der Waals surface area contributed by atoms with Crippen molar-refractivity contribution in [2.45, 2.75) is 70.8 Å². The van der Waals surface area contributed by atoms with Gasteiger partial charge in [0.25, 0.3) is 0 Å². The van der Waals surface area contributed by atoms with E-state index in [0.29, 0.717) is 0 Å². The third kappa shape index (κ3) is 2.70. The quantitative estimate of drug-likeness (QED) is 0.694. The minimum absolute atomic E-state index is 0.173. The Hall–Kier alpha value is -0.0400. The molecule has 1 unspecified atom stereocenters. The molecule has 1 aliphatic rings.